The molecule has 3 saturated heterocycles. The molecule has 3 atom stereocenters. The molecule has 2 bridgehead atoms. The van der Waals surface area contributed by atoms with E-state index in [1.54, 1.807) is 14.5 Å². The molecule has 1 aromatic heterocycles. The number of urea groups is 1. The highest BCUT2D eigenvalue weighted by atomic mass is 16.2. The fourth-order valence-electron chi connectivity index (χ4n) is 6.50. The van der Waals surface area contributed by atoms with Crippen molar-refractivity contribution in [1.29, 1.82) is 0 Å². The number of piperazine rings is 1. The monoisotopic (exact) mass is 533 g/mol. The molecule has 4 aromatic rings. The smallest absolute Gasteiger partial charge is 0.330 e. The van der Waals surface area contributed by atoms with Gasteiger partial charge in [-0.1, -0.05) is 87.5 Å². The molecular weight excluding hydrogens is 502 g/mol. The van der Waals surface area contributed by atoms with E-state index in [2.05, 4.69) is 20.8 Å². The Balaban J connectivity index is 1.21. The second kappa shape index (κ2) is 8.78. The molecule has 8 heteroatoms. The summed E-state index contributed by atoms with van der Waals surface area (Å²) in [7, 11) is 0. The number of fused-ring (bicyclic) bond motifs is 6. The van der Waals surface area contributed by atoms with E-state index in [1.165, 1.54) is 4.90 Å². The lowest BCUT2D eigenvalue weighted by atomic mass is 9.92. The third kappa shape index (κ3) is 3.66. The Hall–Kier alpha value is -4.46. The molecule has 3 aliphatic rings. The van der Waals surface area contributed by atoms with Crippen LogP contribution < -0.4 is 4.90 Å². The third-order valence-electron chi connectivity index (χ3n) is 8.48. The lowest BCUT2D eigenvalue weighted by Crippen LogP contribution is -2.55. The maximum Gasteiger partial charge on any atom is 0.332 e. The van der Waals surface area contributed by atoms with Gasteiger partial charge in [-0.05, 0) is 29.5 Å². The third-order valence-corrected chi connectivity index (χ3v) is 8.48. The van der Waals surface area contributed by atoms with Crippen LogP contribution in [-0.4, -0.2) is 62.1 Å². The van der Waals surface area contributed by atoms with Crippen LogP contribution in [0.3, 0.4) is 0 Å². The van der Waals surface area contributed by atoms with E-state index in [0.29, 0.717) is 30.9 Å². The molecule has 2 unspecified atom stereocenters. The Kier molecular flexibility index (Phi) is 5.39. The number of likely N-dealkylation sites (tertiary alicyclic amines) is 1. The fourth-order valence-corrected chi connectivity index (χ4v) is 6.50. The summed E-state index contributed by atoms with van der Waals surface area (Å²) in [5.74, 6) is -0.408. The number of imide groups is 1. The van der Waals surface area contributed by atoms with E-state index in [1.807, 2.05) is 78.9 Å². The van der Waals surface area contributed by atoms with Crippen molar-refractivity contribution in [2.24, 2.45) is 0 Å². The summed E-state index contributed by atoms with van der Waals surface area (Å²) in [6, 6.07) is 23.7. The summed E-state index contributed by atoms with van der Waals surface area (Å²) in [5, 5.41) is 6.66. The van der Waals surface area contributed by atoms with Crippen molar-refractivity contribution in [1.82, 2.24) is 19.6 Å². The molecule has 202 valence electrons. The van der Waals surface area contributed by atoms with Crippen molar-refractivity contribution in [3.8, 4) is 0 Å². The molecule has 0 saturated carbocycles. The first kappa shape index (κ1) is 24.6. The molecule has 0 aliphatic carbocycles. The number of nitrogens with zero attached hydrogens (tertiary/aromatic N) is 5. The second-order valence-electron chi connectivity index (χ2n) is 12.0. The molecule has 3 fully saturated rings. The Labute approximate surface area is 232 Å². The Bertz CT molecular complexity index is 1670. The van der Waals surface area contributed by atoms with E-state index in [4.69, 9.17) is 5.10 Å². The van der Waals surface area contributed by atoms with Gasteiger partial charge >= 0.3 is 6.03 Å². The number of carbonyl (C=O) groups is 3. The van der Waals surface area contributed by atoms with Crippen molar-refractivity contribution in [2.45, 2.75) is 57.3 Å². The predicted molar refractivity (Wildman–Crippen MR) is 152 cm³/mol. The van der Waals surface area contributed by atoms with Gasteiger partial charge in [-0.3, -0.25) is 14.3 Å². The first-order valence-corrected chi connectivity index (χ1v) is 13.8. The van der Waals surface area contributed by atoms with Crippen molar-refractivity contribution in [3.63, 3.8) is 0 Å². The highest BCUT2D eigenvalue weighted by molar-refractivity contribution is 6.25. The van der Waals surface area contributed by atoms with Crippen molar-refractivity contribution in [2.75, 3.05) is 11.4 Å². The highest BCUT2D eigenvalue weighted by Crippen LogP contribution is 2.44. The van der Waals surface area contributed by atoms with Crippen molar-refractivity contribution in [3.05, 3.63) is 95.8 Å². The zero-order chi connectivity index (χ0) is 27.8. The number of amides is 4. The van der Waals surface area contributed by atoms with Gasteiger partial charge in [-0.25, -0.2) is 9.69 Å². The molecule has 0 radical (unpaired) electrons. The van der Waals surface area contributed by atoms with E-state index >= 15 is 0 Å². The average Bonchev–Trinajstić information content (AvgIpc) is 3.71. The molecule has 8 nitrogen and oxygen atoms in total. The van der Waals surface area contributed by atoms with Crippen LogP contribution in [0.5, 0.6) is 0 Å². The quantitative estimate of drug-likeness (QED) is 0.353. The number of hydrogen-bond acceptors (Lipinski definition) is 4. The SMILES string of the molecule is CC(C)(C)c1cc(C(=O)N2CC3CC2[C@@H]2C(=O)N(c4cccc5ccccc45)C(=O)N32)n(Cc2ccccc2)n1. The van der Waals surface area contributed by atoms with Crippen LogP contribution in [0.2, 0.25) is 0 Å². The van der Waals surface area contributed by atoms with Crippen LogP contribution >= 0.6 is 0 Å². The summed E-state index contributed by atoms with van der Waals surface area (Å²) in [4.78, 5) is 46.5. The summed E-state index contributed by atoms with van der Waals surface area (Å²) in [5.41, 5.74) is 2.76. The van der Waals surface area contributed by atoms with Crippen LogP contribution in [0.1, 0.15) is 48.9 Å². The van der Waals surface area contributed by atoms with Crippen molar-refractivity contribution < 1.29 is 14.4 Å². The second-order valence-corrected chi connectivity index (χ2v) is 12.0. The highest BCUT2D eigenvalue weighted by Gasteiger charge is 2.63. The number of benzene rings is 3. The molecule has 0 spiro atoms. The number of anilines is 1. The van der Waals surface area contributed by atoms with E-state index in [0.717, 1.165) is 22.0 Å². The van der Waals surface area contributed by atoms with Gasteiger partial charge in [0.15, 0.2) is 0 Å². The van der Waals surface area contributed by atoms with Gasteiger partial charge in [0.2, 0.25) is 0 Å². The topological polar surface area (TPSA) is 78.8 Å². The van der Waals surface area contributed by atoms with Gasteiger partial charge in [0.1, 0.15) is 11.7 Å². The minimum Gasteiger partial charge on any atom is -0.330 e. The lowest BCUT2D eigenvalue weighted by molar-refractivity contribution is -0.121. The minimum atomic E-state index is -0.679. The van der Waals surface area contributed by atoms with Crippen LogP contribution in [0.25, 0.3) is 10.8 Å². The molecule has 4 amide bonds. The lowest BCUT2D eigenvalue weighted by Gasteiger charge is -2.34. The van der Waals surface area contributed by atoms with Gasteiger partial charge in [0, 0.05) is 17.3 Å². The van der Waals surface area contributed by atoms with E-state index < -0.39 is 6.04 Å². The molecule has 0 N–H and O–H groups in total. The Morgan fingerprint density at radius 2 is 1.68 bits per heavy atom. The summed E-state index contributed by atoms with van der Waals surface area (Å²) >= 11 is 0. The van der Waals surface area contributed by atoms with E-state index in [9.17, 15) is 14.4 Å². The van der Waals surface area contributed by atoms with Crippen molar-refractivity contribution >= 4 is 34.3 Å². The minimum absolute atomic E-state index is 0.144. The zero-order valence-corrected chi connectivity index (χ0v) is 22.8. The van der Waals surface area contributed by atoms with E-state index in [-0.39, 0.29) is 35.3 Å². The van der Waals surface area contributed by atoms with Gasteiger partial charge in [-0.2, -0.15) is 5.10 Å². The van der Waals surface area contributed by atoms with Gasteiger partial charge < -0.3 is 9.80 Å². The average molecular weight is 534 g/mol. The summed E-state index contributed by atoms with van der Waals surface area (Å²) in [6.07, 6.45) is 0.607. The van der Waals surface area contributed by atoms with Crippen LogP contribution in [-0.2, 0) is 16.8 Å². The largest absolute Gasteiger partial charge is 0.332 e. The van der Waals surface area contributed by atoms with Gasteiger partial charge in [0.05, 0.1) is 30.0 Å². The van der Waals surface area contributed by atoms with Crippen LogP contribution in [0.4, 0.5) is 10.5 Å². The molecule has 7 rings (SSSR count). The van der Waals surface area contributed by atoms with Crippen LogP contribution in [0.15, 0.2) is 78.9 Å². The predicted octanol–water partition coefficient (Wildman–Crippen LogP) is 4.82. The Morgan fingerprint density at radius 3 is 2.45 bits per heavy atom. The molecule has 40 heavy (non-hydrogen) atoms. The Morgan fingerprint density at radius 1 is 0.950 bits per heavy atom. The molecule has 3 aromatic carbocycles. The number of carbonyl (C=O) groups excluding carboxylic acids is 3. The fraction of sp³-hybridized carbons (Fsp3) is 0.312. The number of hydrogen-bond donors (Lipinski definition) is 0. The molecular formula is C32H31N5O3. The first-order chi connectivity index (χ1) is 19.2. The van der Waals surface area contributed by atoms with Gasteiger partial charge in [-0.15, -0.1) is 0 Å². The normalized spacial score (nSPS) is 22.1. The summed E-state index contributed by atoms with van der Waals surface area (Å²) in [6.45, 7) is 7.12. The number of rotatable bonds is 4. The van der Waals surface area contributed by atoms with Crippen LogP contribution in [0, 0.1) is 0 Å². The maximum absolute atomic E-state index is 14.1. The molecule has 4 heterocycles. The summed E-state index contributed by atoms with van der Waals surface area (Å²) < 4.78 is 1.78. The molecule has 3 aliphatic heterocycles. The first-order valence-electron chi connectivity index (χ1n) is 13.8. The zero-order valence-electron chi connectivity index (χ0n) is 22.8. The number of aromatic nitrogens is 2. The van der Waals surface area contributed by atoms with Gasteiger partial charge in [0.25, 0.3) is 11.8 Å². The maximum atomic E-state index is 14.1. The standard InChI is InChI=1S/C32H31N5O3/c1-32(2,3)27-17-26(35(33-27)18-20-10-5-4-6-11-20)29(38)34-19-22-16-25(34)28-30(39)37(31(40)36(22)28)24-15-9-13-21-12-7-8-14-23(21)24/h4-15,17,22,25,28H,16,18-19H2,1-3H3/t22?,25?,28-/m1/s1.